The first-order chi connectivity index (χ1) is 7.59. The SMILES string of the molecule is NC(=S)CCCNC(=O)c1ccc(=O)[nH]c1. The lowest BCUT2D eigenvalue weighted by molar-refractivity contribution is 0.0953. The zero-order valence-corrected chi connectivity index (χ0v) is 9.47. The Labute approximate surface area is 98.0 Å². The summed E-state index contributed by atoms with van der Waals surface area (Å²) in [6.07, 6.45) is 2.71. The van der Waals surface area contributed by atoms with E-state index in [1.54, 1.807) is 0 Å². The Balaban J connectivity index is 2.38. The molecule has 0 aromatic carbocycles. The van der Waals surface area contributed by atoms with Gasteiger partial charge in [-0.1, -0.05) is 12.2 Å². The number of H-pyrrole nitrogens is 1. The normalized spacial score (nSPS) is 9.75. The van der Waals surface area contributed by atoms with Gasteiger partial charge in [0.25, 0.3) is 5.91 Å². The molecule has 0 spiro atoms. The Morgan fingerprint density at radius 2 is 2.25 bits per heavy atom. The highest BCUT2D eigenvalue weighted by atomic mass is 32.1. The van der Waals surface area contributed by atoms with Crippen molar-refractivity contribution in [3.63, 3.8) is 0 Å². The molecule has 0 fully saturated rings. The molecule has 0 bridgehead atoms. The van der Waals surface area contributed by atoms with Crippen LogP contribution in [-0.2, 0) is 0 Å². The van der Waals surface area contributed by atoms with E-state index in [4.69, 9.17) is 18.0 Å². The molecule has 6 heteroatoms. The van der Waals surface area contributed by atoms with Gasteiger partial charge in [0.05, 0.1) is 10.6 Å². The van der Waals surface area contributed by atoms with E-state index >= 15 is 0 Å². The average molecular weight is 239 g/mol. The molecule has 1 amide bonds. The fourth-order valence-corrected chi connectivity index (χ4v) is 1.26. The van der Waals surface area contributed by atoms with Crippen LogP contribution in [0.5, 0.6) is 0 Å². The molecule has 0 atom stereocenters. The van der Waals surface area contributed by atoms with Gasteiger partial charge in [-0.15, -0.1) is 0 Å². The van der Waals surface area contributed by atoms with Crippen LogP contribution in [0, 0.1) is 0 Å². The molecule has 86 valence electrons. The maximum absolute atomic E-state index is 11.5. The second-order valence-corrected chi connectivity index (χ2v) is 3.79. The first kappa shape index (κ1) is 12.4. The van der Waals surface area contributed by atoms with Crippen molar-refractivity contribution in [3.8, 4) is 0 Å². The van der Waals surface area contributed by atoms with Crippen molar-refractivity contribution in [3.05, 3.63) is 34.2 Å². The number of thiocarbonyl (C=S) groups is 1. The number of carbonyl (C=O) groups is 1. The van der Waals surface area contributed by atoms with Gasteiger partial charge in [-0.2, -0.15) is 0 Å². The van der Waals surface area contributed by atoms with E-state index in [9.17, 15) is 9.59 Å². The summed E-state index contributed by atoms with van der Waals surface area (Å²) in [6, 6.07) is 2.78. The number of nitrogens with two attached hydrogens (primary N) is 1. The number of hydrogen-bond acceptors (Lipinski definition) is 3. The zero-order valence-electron chi connectivity index (χ0n) is 8.66. The number of rotatable bonds is 5. The number of amides is 1. The first-order valence-corrected chi connectivity index (χ1v) is 5.25. The van der Waals surface area contributed by atoms with Gasteiger partial charge in [-0.05, 0) is 18.9 Å². The smallest absolute Gasteiger partial charge is 0.252 e. The van der Waals surface area contributed by atoms with Crippen LogP contribution in [0.15, 0.2) is 23.1 Å². The number of pyridine rings is 1. The third kappa shape index (κ3) is 4.22. The monoisotopic (exact) mass is 239 g/mol. The van der Waals surface area contributed by atoms with Crippen molar-refractivity contribution in [1.82, 2.24) is 10.3 Å². The van der Waals surface area contributed by atoms with Crippen molar-refractivity contribution in [2.75, 3.05) is 6.54 Å². The van der Waals surface area contributed by atoms with Crippen molar-refractivity contribution in [2.45, 2.75) is 12.8 Å². The molecule has 0 aliphatic rings. The summed E-state index contributed by atoms with van der Waals surface area (Å²) in [7, 11) is 0. The van der Waals surface area contributed by atoms with E-state index in [0.29, 0.717) is 29.9 Å². The van der Waals surface area contributed by atoms with E-state index in [1.807, 2.05) is 0 Å². The van der Waals surface area contributed by atoms with Crippen molar-refractivity contribution in [2.24, 2.45) is 5.73 Å². The third-order valence-electron chi connectivity index (χ3n) is 1.93. The molecule has 0 unspecified atom stereocenters. The van der Waals surface area contributed by atoms with E-state index in [0.717, 1.165) is 0 Å². The average Bonchev–Trinajstić information content (AvgIpc) is 2.25. The molecule has 1 aromatic heterocycles. The lowest BCUT2D eigenvalue weighted by Gasteiger charge is -2.04. The molecule has 1 rings (SSSR count). The second kappa shape index (κ2) is 6.02. The summed E-state index contributed by atoms with van der Waals surface area (Å²) in [4.78, 5) is 25.1. The van der Waals surface area contributed by atoms with E-state index in [-0.39, 0.29) is 11.5 Å². The highest BCUT2D eigenvalue weighted by Gasteiger charge is 2.03. The molecule has 0 aliphatic carbocycles. The minimum atomic E-state index is -0.231. The maximum atomic E-state index is 11.5. The predicted molar refractivity (Wildman–Crippen MR) is 65.4 cm³/mol. The summed E-state index contributed by atoms with van der Waals surface area (Å²) < 4.78 is 0. The molecular formula is C10H13N3O2S. The molecular weight excluding hydrogens is 226 g/mol. The summed E-state index contributed by atoms with van der Waals surface area (Å²) in [5, 5.41) is 2.70. The zero-order chi connectivity index (χ0) is 12.0. The maximum Gasteiger partial charge on any atom is 0.252 e. The van der Waals surface area contributed by atoms with Crippen molar-refractivity contribution >= 4 is 23.1 Å². The van der Waals surface area contributed by atoms with Gasteiger partial charge in [0.2, 0.25) is 5.56 Å². The Morgan fingerprint density at radius 1 is 1.50 bits per heavy atom. The Morgan fingerprint density at radius 3 is 2.81 bits per heavy atom. The van der Waals surface area contributed by atoms with Gasteiger partial charge < -0.3 is 16.0 Å². The molecule has 1 heterocycles. The topological polar surface area (TPSA) is 88.0 Å². The van der Waals surface area contributed by atoms with Crippen molar-refractivity contribution < 1.29 is 4.79 Å². The van der Waals surface area contributed by atoms with Gasteiger partial charge in [0.15, 0.2) is 0 Å². The molecule has 0 saturated carbocycles. The van der Waals surface area contributed by atoms with Gasteiger partial charge in [-0.3, -0.25) is 9.59 Å². The fourth-order valence-electron chi connectivity index (χ4n) is 1.12. The third-order valence-corrected chi connectivity index (χ3v) is 2.14. The van der Waals surface area contributed by atoms with Crippen LogP contribution in [0.25, 0.3) is 0 Å². The highest BCUT2D eigenvalue weighted by Crippen LogP contribution is 1.93. The minimum Gasteiger partial charge on any atom is -0.393 e. The number of hydrogen-bond donors (Lipinski definition) is 3. The van der Waals surface area contributed by atoms with Crippen LogP contribution in [0.2, 0.25) is 0 Å². The van der Waals surface area contributed by atoms with Gasteiger partial charge in [0.1, 0.15) is 0 Å². The largest absolute Gasteiger partial charge is 0.393 e. The number of nitrogens with one attached hydrogen (secondary N) is 2. The Kier molecular flexibility index (Phi) is 4.65. The molecule has 0 saturated heterocycles. The van der Waals surface area contributed by atoms with Crippen LogP contribution < -0.4 is 16.6 Å². The molecule has 0 radical (unpaired) electrons. The summed E-state index contributed by atoms with van der Waals surface area (Å²) in [5.41, 5.74) is 5.51. The summed E-state index contributed by atoms with van der Waals surface area (Å²) >= 11 is 4.71. The van der Waals surface area contributed by atoms with Gasteiger partial charge in [0, 0.05) is 18.8 Å². The van der Waals surface area contributed by atoms with Gasteiger partial charge in [-0.25, -0.2) is 0 Å². The molecule has 1 aromatic rings. The summed E-state index contributed by atoms with van der Waals surface area (Å²) in [6.45, 7) is 0.509. The number of aromatic amines is 1. The molecule has 5 nitrogen and oxygen atoms in total. The highest BCUT2D eigenvalue weighted by molar-refractivity contribution is 7.80. The van der Waals surface area contributed by atoms with Crippen LogP contribution in [-0.4, -0.2) is 22.4 Å². The second-order valence-electron chi connectivity index (χ2n) is 3.27. The first-order valence-electron chi connectivity index (χ1n) is 4.85. The Hall–Kier alpha value is -1.69. The van der Waals surface area contributed by atoms with E-state index < -0.39 is 0 Å². The van der Waals surface area contributed by atoms with Crippen molar-refractivity contribution in [1.29, 1.82) is 0 Å². The van der Waals surface area contributed by atoms with Crippen LogP contribution in [0.3, 0.4) is 0 Å². The summed E-state index contributed by atoms with van der Waals surface area (Å²) in [5.74, 6) is -0.223. The standard InChI is InChI=1S/C10H13N3O2S/c11-8(16)2-1-5-12-10(15)7-3-4-9(14)13-6-7/h3-4,6H,1-2,5H2,(H2,11,16)(H,12,15)(H,13,14). The van der Waals surface area contributed by atoms with Crippen LogP contribution >= 0.6 is 12.2 Å². The quantitative estimate of drug-likeness (QED) is 0.505. The van der Waals surface area contributed by atoms with Crippen LogP contribution in [0.4, 0.5) is 0 Å². The number of carbonyl (C=O) groups excluding carboxylic acids is 1. The van der Waals surface area contributed by atoms with E-state index in [1.165, 1.54) is 18.3 Å². The number of aromatic nitrogens is 1. The van der Waals surface area contributed by atoms with Gasteiger partial charge >= 0.3 is 0 Å². The lowest BCUT2D eigenvalue weighted by Crippen LogP contribution is -2.26. The van der Waals surface area contributed by atoms with E-state index in [2.05, 4.69) is 10.3 Å². The molecule has 4 N–H and O–H groups in total. The predicted octanol–water partition coefficient (Wildman–Crippen LogP) is 0.171. The lowest BCUT2D eigenvalue weighted by atomic mass is 10.2. The molecule has 16 heavy (non-hydrogen) atoms. The Bertz CT molecular complexity index is 421. The minimum absolute atomic E-state index is 0.223. The molecule has 0 aliphatic heterocycles. The fraction of sp³-hybridized carbons (Fsp3) is 0.300. The van der Waals surface area contributed by atoms with Crippen LogP contribution in [0.1, 0.15) is 23.2 Å².